The van der Waals surface area contributed by atoms with Gasteiger partial charge in [-0.3, -0.25) is 9.69 Å². The Balaban J connectivity index is 0.000000706. The molecule has 0 spiro atoms. The molecule has 0 amide bonds. The minimum Gasteiger partial charge on any atom is -0.483 e. The van der Waals surface area contributed by atoms with Gasteiger partial charge in [-0.05, 0) is 31.5 Å². The van der Waals surface area contributed by atoms with E-state index in [2.05, 4.69) is 14.5 Å². The summed E-state index contributed by atoms with van der Waals surface area (Å²) in [7, 11) is 2.02. The standard InChI is InChI=1S/C18H22F2N4O.CH2O2/c1-10-22-16-7-24(8-17(16)23(10)2)12-6-15(21)18(25-9-12)13-5-11(19)3-4-14(13)20;2-1-3/h3-5,12,15,18H,6-9,21H2,1-2H3;1H,(H,2,3)/t12?,15?,18-;/m1./s1. The molecule has 0 bridgehead atoms. The average molecular weight is 394 g/mol. The van der Waals surface area contributed by atoms with Crippen molar-refractivity contribution in [2.24, 2.45) is 12.8 Å². The summed E-state index contributed by atoms with van der Waals surface area (Å²) in [6.07, 6.45) is 0.0606. The number of aryl methyl sites for hydroxylation is 1. The Morgan fingerprint density at radius 1 is 1.36 bits per heavy atom. The van der Waals surface area contributed by atoms with Gasteiger partial charge in [0.15, 0.2) is 0 Å². The van der Waals surface area contributed by atoms with Crippen LogP contribution >= 0.6 is 0 Å². The normalized spacial score (nSPS) is 24.4. The number of carboxylic acid groups (broad SMARTS) is 1. The summed E-state index contributed by atoms with van der Waals surface area (Å²) < 4.78 is 35.5. The number of nitrogens with two attached hydrogens (primary N) is 1. The molecule has 1 aromatic carbocycles. The van der Waals surface area contributed by atoms with Crippen molar-refractivity contribution in [2.75, 3.05) is 6.61 Å². The Morgan fingerprint density at radius 2 is 2.07 bits per heavy atom. The number of ether oxygens (including phenoxy) is 1. The third-order valence-corrected chi connectivity index (χ3v) is 5.41. The second kappa shape index (κ2) is 8.34. The zero-order valence-corrected chi connectivity index (χ0v) is 15.8. The molecule has 1 aromatic heterocycles. The first-order valence-corrected chi connectivity index (χ1v) is 9.00. The van der Waals surface area contributed by atoms with E-state index in [4.69, 9.17) is 20.4 Å². The highest BCUT2D eigenvalue weighted by Gasteiger charge is 2.37. The van der Waals surface area contributed by atoms with Crippen molar-refractivity contribution in [3.8, 4) is 0 Å². The van der Waals surface area contributed by atoms with Gasteiger partial charge in [0.05, 0.1) is 18.0 Å². The molecular formula is C19H24F2N4O3. The van der Waals surface area contributed by atoms with Gasteiger partial charge in [0, 0.05) is 37.8 Å². The molecule has 0 radical (unpaired) electrons. The van der Waals surface area contributed by atoms with Gasteiger partial charge in [0.25, 0.3) is 6.47 Å². The average Bonchev–Trinajstić information content (AvgIpc) is 3.18. The molecule has 2 unspecified atom stereocenters. The van der Waals surface area contributed by atoms with Crippen LogP contribution in [-0.4, -0.2) is 44.7 Å². The molecule has 4 rings (SSSR count). The van der Waals surface area contributed by atoms with Gasteiger partial charge in [0.2, 0.25) is 0 Å². The fraction of sp³-hybridized carbons (Fsp3) is 0.474. The van der Waals surface area contributed by atoms with Crippen molar-refractivity contribution in [3.05, 3.63) is 52.6 Å². The van der Waals surface area contributed by atoms with Crippen LogP contribution in [0.15, 0.2) is 18.2 Å². The lowest BCUT2D eigenvalue weighted by atomic mass is 9.93. The number of benzene rings is 1. The van der Waals surface area contributed by atoms with E-state index in [-0.39, 0.29) is 24.1 Å². The second-order valence-corrected chi connectivity index (χ2v) is 7.09. The van der Waals surface area contributed by atoms with Crippen molar-refractivity contribution >= 4 is 6.47 Å². The van der Waals surface area contributed by atoms with E-state index in [1.807, 2.05) is 14.0 Å². The van der Waals surface area contributed by atoms with E-state index >= 15 is 0 Å². The Kier molecular flexibility index (Phi) is 6.07. The summed E-state index contributed by atoms with van der Waals surface area (Å²) in [5.74, 6) is 0.0576. The Labute approximate surface area is 161 Å². The number of hydrogen-bond acceptors (Lipinski definition) is 5. The van der Waals surface area contributed by atoms with E-state index in [0.717, 1.165) is 36.7 Å². The van der Waals surface area contributed by atoms with Crippen molar-refractivity contribution in [2.45, 2.75) is 44.6 Å². The molecule has 2 aromatic rings. The first-order valence-electron chi connectivity index (χ1n) is 9.00. The predicted molar refractivity (Wildman–Crippen MR) is 97.3 cm³/mol. The molecule has 2 aliphatic rings. The lowest BCUT2D eigenvalue weighted by Crippen LogP contribution is -2.47. The van der Waals surface area contributed by atoms with Gasteiger partial charge in [-0.15, -0.1) is 0 Å². The molecule has 0 saturated carbocycles. The molecule has 3 atom stereocenters. The number of halogens is 2. The maximum Gasteiger partial charge on any atom is 0.290 e. The van der Waals surface area contributed by atoms with Crippen molar-refractivity contribution < 1.29 is 23.4 Å². The Bertz CT molecular complexity index is 858. The number of carbonyl (C=O) groups is 1. The van der Waals surface area contributed by atoms with E-state index in [1.165, 1.54) is 11.8 Å². The molecule has 152 valence electrons. The maximum absolute atomic E-state index is 14.0. The number of fused-ring (bicyclic) bond motifs is 1. The molecular weight excluding hydrogens is 370 g/mol. The summed E-state index contributed by atoms with van der Waals surface area (Å²) in [5.41, 5.74) is 8.79. The lowest BCUT2D eigenvalue weighted by molar-refractivity contribution is -0.122. The highest BCUT2D eigenvalue weighted by Crippen LogP contribution is 2.34. The summed E-state index contributed by atoms with van der Waals surface area (Å²) in [5, 5.41) is 6.89. The third-order valence-electron chi connectivity index (χ3n) is 5.41. The van der Waals surface area contributed by atoms with Gasteiger partial charge in [-0.1, -0.05) is 0 Å². The molecule has 1 saturated heterocycles. The molecule has 0 aliphatic carbocycles. The summed E-state index contributed by atoms with van der Waals surface area (Å²) >= 11 is 0. The van der Waals surface area contributed by atoms with Crippen LogP contribution in [0.4, 0.5) is 8.78 Å². The van der Waals surface area contributed by atoms with Crippen LogP contribution in [0, 0.1) is 18.6 Å². The van der Waals surface area contributed by atoms with Crippen LogP contribution < -0.4 is 5.73 Å². The van der Waals surface area contributed by atoms with Gasteiger partial charge in [0.1, 0.15) is 23.6 Å². The number of aromatic nitrogens is 2. The topological polar surface area (TPSA) is 93.6 Å². The molecule has 3 N–H and O–H groups in total. The van der Waals surface area contributed by atoms with Gasteiger partial charge < -0.3 is 20.1 Å². The van der Waals surface area contributed by atoms with Gasteiger partial charge in [-0.2, -0.15) is 0 Å². The maximum atomic E-state index is 14.0. The fourth-order valence-electron chi connectivity index (χ4n) is 3.90. The number of rotatable bonds is 2. The number of hydrogen-bond donors (Lipinski definition) is 2. The molecule has 9 heteroatoms. The monoisotopic (exact) mass is 394 g/mol. The summed E-state index contributed by atoms with van der Waals surface area (Å²) in [6, 6.07) is 3.18. The number of nitrogens with zero attached hydrogens (tertiary/aromatic N) is 3. The summed E-state index contributed by atoms with van der Waals surface area (Å²) in [4.78, 5) is 15.3. The van der Waals surface area contributed by atoms with Crippen LogP contribution in [0.25, 0.3) is 0 Å². The smallest absolute Gasteiger partial charge is 0.290 e. The molecule has 2 aliphatic heterocycles. The van der Waals surface area contributed by atoms with E-state index in [1.54, 1.807) is 0 Å². The van der Waals surface area contributed by atoms with E-state index < -0.39 is 17.7 Å². The molecule has 3 heterocycles. The quantitative estimate of drug-likeness (QED) is 0.756. The van der Waals surface area contributed by atoms with Crippen molar-refractivity contribution in [1.29, 1.82) is 0 Å². The number of imidazole rings is 1. The van der Waals surface area contributed by atoms with E-state index in [0.29, 0.717) is 13.0 Å². The van der Waals surface area contributed by atoms with Crippen LogP contribution in [0.3, 0.4) is 0 Å². The molecule has 28 heavy (non-hydrogen) atoms. The largest absolute Gasteiger partial charge is 0.483 e. The second-order valence-electron chi connectivity index (χ2n) is 7.09. The third kappa shape index (κ3) is 3.91. The van der Waals surface area contributed by atoms with Crippen LogP contribution in [0.5, 0.6) is 0 Å². The van der Waals surface area contributed by atoms with Gasteiger partial charge >= 0.3 is 0 Å². The Hall–Kier alpha value is -2.36. The van der Waals surface area contributed by atoms with Crippen LogP contribution in [0.1, 0.15) is 35.3 Å². The highest BCUT2D eigenvalue weighted by atomic mass is 19.1. The highest BCUT2D eigenvalue weighted by molar-refractivity contribution is 5.32. The van der Waals surface area contributed by atoms with Crippen molar-refractivity contribution in [3.63, 3.8) is 0 Å². The van der Waals surface area contributed by atoms with E-state index in [9.17, 15) is 8.78 Å². The first kappa shape index (κ1) is 20.4. The SMILES string of the molecule is Cc1nc2c(n1C)CN(C1CO[C@H](c3cc(F)ccc3F)C(N)C1)C2.O=CO. The predicted octanol–water partition coefficient (Wildman–Crippen LogP) is 1.88. The lowest BCUT2D eigenvalue weighted by Gasteiger charge is -2.38. The molecule has 7 nitrogen and oxygen atoms in total. The fourth-order valence-corrected chi connectivity index (χ4v) is 3.90. The van der Waals surface area contributed by atoms with Crippen LogP contribution in [0.2, 0.25) is 0 Å². The zero-order chi connectivity index (χ0) is 20.4. The first-order chi connectivity index (χ1) is 13.3. The minimum absolute atomic E-state index is 0.150. The summed E-state index contributed by atoms with van der Waals surface area (Å²) in [6.45, 7) is 3.78. The minimum atomic E-state index is -0.614. The zero-order valence-electron chi connectivity index (χ0n) is 15.8. The van der Waals surface area contributed by atoms with Crippen LogP contribution in [-0.2, 0) is 29.7 Å². The van der Waals surface area contributed by atoms with Gasteiger partial charge in [-0.25, -0.2) is 13.8 Å². The molecule has 1 fully saturated rings. The van der Waals surface area contributed by atoms with Crippen molar-refractivity contribution in [1.82, 2.24) is 14.5 Å². The Morgan fingerprint density at radius 3 is 2.71 bits per heavy atom.